The minimum absolute atomic E-state index is 0. The van der Waals surface area contributed by atoms with Crippen LogP contribution in [0.2, 0.25) is 0 Å². The second kappa shape index (κ2) is 13.7. The monoisotopic (exact) mass is 278 g/mol. The van der Waals surface area contributed by atoms with Crippen LogP contribution >= 0.6 is 0 Å². The maximum atomic E-state index is 10.1. The van der Waals surface area contributed by atoms with Crippen molar-refractivity contribution >= 4 is 23.8 Å². The Morgan fingerprint density at radius 2 is 1.42 bits per heavy atom. The quantitative estimate of drug-likeness (QED) is 0.543. The minimum atomic E-state index is -1.22. The summed E-state index contributed by atoms with van der Waals surface area (Å²) in [6.07, 6.45) is 0. The van der Waals surface area contributed by atoms with Gasteiger partial charge in [0.05, 0.1) is 0 Å². The molecule has 4 N–H and O–H groups in total. The van der Waals surface area contributed by atoms with Gasteiger partial charge in [0.1, 0.15) is 12.2 Å². The summed E-state index contributed by atoms with van der Waals surface area (Å²) >= 11 is 0. The van der Waals surface area contributed by atoms with Crippen molar-refractivity contribution < 1.29 is 29.4 Å². The summed E-state index contributed by atoms with van der Waals surface area (Å²) in [5, 5.41) is 20.2. The van der Waals surface area contributed by atoms with E-state index < -0.39 is 17.8 Å². The Morgan fingerprint density at radius 3 is 1.53 bits per heavy atom. The predicted molar refractivity (Wildman–Crippen MR) is 70.4 cm³/mol. The number of carbonyl (C=O) groups excluding carboxylic acids is 2. The predicted octanol–water partition coefficient (Wildman–Crippen LogP) is 0.200. The van der Waals surface area contributed by atoms with E-state index in [0.29, 0.717) is 0 Å². The van der Waals surface area contributed by atoms with Crippen molar-refractivity contribution in [1.29, 1.82) is 0 Å². The van der Waals surface area contributed by atoms with Crippen molar-refractivity contribution in [1.82, 2.24) is 10.6 Å². The van der Waals surface area contributed by atoms with E-state index in [0.717, 1.165) is 0 Å². The van der Waals surface area contributed by atoms with Crippen molar-refractivity contribution in [3.63, 3.8) is 0 Å². The third kappa shape index (κ3) is 25.7. The normalized spacial score (nSPS) is 7.26. The first-order valence-electron chi connectivity index (χ1n) is 4.32. The molecule has 0 rings (SSSR count). The molecule has 0 aliphatic rings. The zero-order valence-electron chi connectivity index (χ0n) is 9.44. The highest BCUT2D eigenvalue weighted by molar-refractivity contribution is 5.91. The molecule has 0 aromatic heterocycles. The van der Waals surface area contributed by atoms with Gasteiger partial charge >= 0.3 is 11.9 Å². The molecule has 0 unspecified atom stereocenters. The number of hydrogen-bond acceptors (Lipinski definition) is 4. The molecule has 0 radical (unpaired) electrons. The lowest BCUT2D eigenvalue weighted by Crippen LogP contribution is -2.26. The summed E-state index contributed by atoms with van der Waals surface area (Å²) in [6.45, 7) is 5.25. The Bertz CT molecular complexity index is 324. The van der Waals surface area contributed by atoms with Crippen LogP contribution in [0.3, 0.4) is 0 Å². The first-order valence-corrected chi connectivity index (χ1v) is 4.32. The smallest absolute Gasteiger partial charge is 0.351 e. The SMILES string of the molecule is C.C.C=C(NC(C)=O)C(=O)O.CC(=O)NCC(=O)O. The molecule has 19 heavy (non-hydrogen) atoms. The molecule has 0 atom stereocenters. The molecule has 0 bridgehead atoms. The van der Waals surface area contributed by atoms with Crippen LogP contribution in [0.25, 0.3) is 0 Å². The third-order valence-electron chi connectivity index (χ3n) is 1.07. The summed E-state index contributed by atoms with van der Waals surface area (Å²) in [4.78, 5) is 39.7. The van der Waals surface area contributed by atoms with E-state index in [1.54, 1.807) is 0 Å². The molecule has 0 heterocycles. The first kappa shape index (κ1) is 25.5. The average Bonchev–Trinajstić information content (AvgIpc) is 2.14. The van der Waals surface area contributed by atoms with E-state index in [9.17, 15) is 19.2 Å². The average molecular weight is 278 g/mol. The van der Waals surface area contributed by atoms with Gasteiger partial charge in [0.2, 0.25) is 11.8 Å². The topological polar surface area (TPSA) is 133 Å². The largest absolute Gasteiger partial charge is 0.480 e. The molecular formula is C11H22N2O6. The van der Waals surface area contributed by atoms with Gasteiger partial charge < -0.3 is 20.8 Å². The molecule has 0 saturated carbocycles. The van der Waals surface area contributed by atoms with Gasteiger partial charge in [-0.2, -0.15) is 0 Å². The van der Waals surface area contributed by atoms with Gasteiger partial charge in [-0.25, -0.2) is 4.79 Å². The van der Waals surface area contributed by atoms with Crippen molar-refractivity contribution in [3.05, 3.63) is 12.3 Å². The Kier molecular flexibility index (Phi) is 18.3. The molecule has 112 valence electrons. The van der Waals surface area contributed by atoms with Crippen molar-refractivity contribution in [3.8, 4) is 0 Å². The summed E-state index contributed by atoms with van der Waals surface area (Å²) < 4.78 is 0. The van der Waals surface area contributed by atoms with Crippen LogP contribution in [-0.2, 0) is 19.2 Å². The Hall–Kier alpha value is -2.38. The van der Waals surface area contributed by atoms with Crippen molar-refractivity contribution in [2.45, 2.75) is 28.7 Å². The summed E-state index contributed by atoms with van der Waals surface area (Å²) in [5.74, 6) is -3.00. The molecule has 0 aromatic carbocycles. The molecule has 0 aliphatic carbocycles. The van der Waals surface area contributed by atoms with Gasteiger partial charge in [-0.05, 0) is 0 Å². The molecule has 0 aromatic rings. The van der Waals surface area contributed by atoms with Crippen LogP contribution in [0.1, 0.15) is 28.7 Å². The molecular weight excluding hydrogens is 256 g/mol. The maximum Gasteiger partial charge on any atom is 0.351 e. The third-order valence-corrected chi connectivity index (χ3v) is 1.07. The molecule has 2 amide bonds. The van der Waals surface area contributed by atoms with Gasteiger partial charge in [-0.15, -0.1) is 0 Å². The minimum Gasteiger partial charge on any atom is -0.480 e. The van der Waals surface area contributed by atoms with Gasteiger partial charge in [0.15, 0.2) is 0 Å². The summed E-state index contributed by atoms with van der Waals surface area (Å²) in [5.41, 5.74) is -0.303. The zero-order chi connectivity index (χ0) is 14.0. The van der Waals surface area contributed by atoms with E-state index in [1.807, 2.05) is 5.32 Å². The lowest BCUT2D eigenvalue weighted by atomic mass is 10.5. The van der Waals surface area contributed by atoms with E-state index in [4.69, 9.17) is 10.2 Å². The van der Waals surface area contributed by atoms with Gasteiger partial charge in [-0.3, -0.25) is 14.4 Å². The number of carbonyl (C=O) groups is 4. The molecule has 0 saturated heterocycles. The van der Waals surface area contributed by atoms with Crippen molar-refractivity contribution in [2.24, 2.45) is 0 Å². The fourth-order valence-corrected chi connectivity index (χ4v) is 0.466. The molecule has 0 aliphatic heterocycles. The van der Waals surface area contributed by atoms with E-state index in [2.05, 4.69) is 11.9 Å². The van der Waals surface area contributed by atoms with Crippen LogP contribution in [0.15, 0.2) is 12.3 Å². The number of carboxylic acid groups (broad SMARTS) is 2. The number of hydrogen-bond donors (Lipinski definition) is 4. The highest BCUT2D eigenvalue weighted by atomic mass is 16.4. The van der Waals surface area contributed by atoms with Gasteiger partial charge in [0, 0.05) is 13.8 Å². The van der Waals surface area contributed by atoms with Gasteiger partial charge in [-0.1, -0.05) is 21.4 Å². The van der Waals surface area contributed by atoms with E-state index >= 15 is 0 Å². The van der Waals surface area contributed by atoms with E-state index in [1.165, 1.54) is 13.8 Å². The number of amides is 2. The van der Waals surface area contributed by atoms with E-state index in [-0.39, 0.29) is 33.0 Å². The summed E-state index contributed by atoms with van der Waals surface area (Å²) in [7, 11) is 0. The number of rotatable bonds is 4. The number of nitrogens with one attached hydrogen (secondary N) is 2. The Balaban J connectivity index is -0.000000108. The fourth-order valence-electron chi connectivity index (χ4n) is 0.466. The fraction of sp³-hybridized carbons (Fsp3) is 0.455. The number of aliphatic carboxylic acids is 2. The first-order chi connectivity index (χ1) is 7.66. The summed E-state index contributed by atoms with van der Waals surface area (Å²) in [6, 6.07) is 0. The van der Waals surface area contributed by atoms with Crippen LogP contribution < -0.4 is 10.6 Å². The standard InChI is InChI=1S/C5H7NO3.C4H7NO3.2CH4/c1-3(5(8)9)6-4(2)7;1-3(6)5-2-4(7)8;;/h1H2,2H3,(H,6,7)(H,8,9);2H2,1H3,(H,5,6)(H,7,8);2*1H4. The zero-order valence-corrected chi connectivity index (χ0v) is 9.44. The number of carboxylic acids is 2. The second-order valence-electron chi connectivity index (χ2n) is 2.77. The van der Waals surface area contributed by atoms with Crippen LogP contribution in [0.4, 0.5) is 0 Å². The van der Waals surface area contributed by atoms with Crippen LogP contribution in [0.5, 0.6) is 0 Å². The molecule has 0 fully saturated rings. The lowest BCUT2D eigenvalue weighted by Gasteiger charge is -1.96. The van der Waals surface area contributed by atoms with Crippen LogP contribution in [-0.4, -0.2) is 40.5 Å². The molecule has 0 spiro atoms. The lowest BCUT2D eigenvalue weighted by molar-refractivity contribution is -0.137. The van der Waals surface area contributed by atoms with Crippen molar-refractivity contribution in [2.75, 3.05) is 6.54 Å². The molecule has 8 heteroatoms. The molecule has 8 nitrogen and oxygen atoms in total. The Labute approximate surface area is 112 Å². The second-order valence-corrected chi connectivity index (χ2v) is 2.77. The maximum absolute atomic E-state index is 10.1. The van der Waals surface area contributed by atoms with Gasteiger partial charge in [0.25, 0.3) is 0 Å². The van der Waals surface area contributed by atoms with Crippen LogP contribution in [0, 0.1) is 0 Å². The Morgan fingerprint density at radius 1 is 1.00 bits per heavy atom. The highest BCUT2D eigenvalue weighted by Gasteiger charge is 2.02. The highest BCUT2D eigenvalue weighted by Crippen LogP contribution is 1.80.